The van der Waals surface area contributed by atoms with E-state index in [1.54, 1.807) is 0 Å². The van der Waals surface area contributed by atoms with Crippen LogP contribution in [0.2, 0.25) is 0 Å². The highest BCUT2D eigenvalue weighted by atomic mass is 32.1. The fraction of sp³-hybridized carbons (Fsp3) is 0.412. The number of alkyl carbamates (subject to hydrolysis) is 1. The van der Waals surface area contributed by atoms with Crippen LogP contribution in [-0.2, 0) is 16.1 Å². The molecule has 0 unspecified atom stereocenters. The zero-order valence-electron chi connectivity index (χ0n) is 14.6. The van der Waals surface area contributed by atoms with Crippen molar-refractivity contribution in [3.8, 4) is 0 Å². The number of hydrogen-bond acceptors (Lipinski definition) is 7. The van der Waals surface area contributed by atoms with Crippen molar-refractivity contribution in [3.63, 3.8) is 0 Å². The van der Waals surface area contributed by atoms with E-state index in [9.17, 15) is 19.7 Å². The Kier molecular flexibility index (Phi) is 7.47. The SMILES string of the molecule is C=CCOC(=O)NC[C@@H]1C[C@H](S)CN1C(=O)OCc1ccc([N+](=O)[O-])cc1. The van der Waals surface area contributed by atoms with E-state index in [2.05, 4.69) is 24.5 Å². The van der Waals surface area contributed by atoms with Crippen molar-refractivity contribution in [2.24, 2.45) is 0 Å². The van der Waals surface area contributed by atoms with E-state index in [-0.39, 0.29) is 36.7 Å². The standard InChI is InChI=1S/C17H21N3O6S/c1-2-7-25-16(21)18-9-14-8-15(27)10-19(14)17(22)26-11-12-3-5-13(6-4-12)20(23)24/h2-6,14-15,27H,1,7-11H2,(H,18,21)/t14-,15-/m0/s1. The number of amides is 2. The molecular weight excluding hydrogens is 374 g/mol. The minimum absolute atomic E-state index is 0.00785. The minimum Gasteiger partial charge on any atom is -0.445 e. The maximum absolute atomic E-state index is 12.4. The molecule has 1 fully saturated rings. The smallest absolute Gasteiger partial charge is 0.410 e. The van der Waals surface area contributed by atoms with Crippen LogP contribution >= 0.6 is 12.6 Å². The van der Waals surface area contributed by atoms with Crippen LogP contribution < -0.4 is 5.32 Å². The molecule has 0 radical (unpaired) electrons. The number of carbonyl (C=O) groups excluding carboxylic acids is 2. The second-order valence-electron chi connectivity index (χ2n) is 5.94. The van der Waals surface area contributed by atoms with Crippen LogP contribution in [0.5, 0.6) is 0 Å². The molecule has 9 nitrogen and oxygen atoms in total. The number of non-ortho nitro benzene ring substituents is 1. The highest BCUT2D eigenvalue weighted by Gasteiger charge is 2.34. The van der Waals surface area contributed by atoms with Crippen LogP contribution in [0, 0.1) is 10.1 Å². The lowest BCUT2D eigenvalue weighted by Gasteiger charge is -2.24. The third-order valence-corrected chi connectivity index (χ3v) is 4.32. The highest BCUT2D eigenvalue weighted by Crippen LogP contribution is 2.23. The van der Waals surface area contributed by atoms with E-state index in [0.717, 1.165) is 0 Å². The minimum atomic E-state index is -0.586. The van der Waals surface area contributed by atoms with Gasteiger partial charge in [0.05, 0.1) is 11.0 Å². The Hall–Kier alpha value is -2.75. The van der Waals surface area contributed by atoms with E-state index >= 15 is 0 Å². The van der Waals surface area contributed by atoms with Crippen LogP contribution in [0.4, 0.5) is 15.3 Å². The first-order valence-corrected chi connectivity index (χ1v) is 8.78. The van der Waals surface area contributed by atoms with Gasteiger partial charge in [-0.1, -0.05) is 12.7 Å². The molecule has 1 heterocycles. The van der Waals surface area contributed by atoms with E-state index in [4.69, 9.17) is 9.47 Å². The van der Waals surface area contributed by atoms with Crippen LogP contribution in [0.25, 0.3) is 0 Å². The summed E-state index contributed by atoms with van der Waals surface area (Å²) in [5, 5.41) is 13.2. The molecular formula is C17H21N3O6S. The molecule has 1 N–H and O–H groups in total. The predicted molar refractivity (Wildman–Crippen MR) is 101 cm³/mol. The number of nitro benzene ring substituents is 1. The van der Waals surface area contributed by atoms with Crippen molar-refractivity contribution < 1.29 is 24.0 Å². The summed E-state index contributed by atoms with van der Waals surface area (Å²) in [5.74, 6) is 0. The largest absolute Gasteiger partial charge is 0.445 e. The predicted octanol–water partition coefficient (Wildman–Crippen LogP) is 2.52. The van der Waals surface area contributed by atoms with Gasteiger partial charge in [-0.3, -0.25) is 10.1 Å². The Balaban J connectivity index is 1.86. The molecule has 0 saturated carbocycles. The molecule has 1 aliphatic heterocycles. The Bertz CT molecular complexity index is 696. The quantitative estimate of drug-likeness (QED) is 0.318. The summed E-state index contributed by atoms with van der Waals surface area (Å²) in [5.41, 5.74) is 0.607. The Morgan fingerprint density at radius 2 is 2.07 bits per heavy atom. The molecule has 0 aromatic heterocycles. The molecule has 2 amide bonds. The van der Waals surface area contributed by atoms with E-state index in [1.165, 1.54) is 35.2 Å². The van der Waals surface area contributed by atoms with Gasteiger partial charge < -0.3 is 19.7 Å². The average molecular weight is 395 g/mol. The highest BCUT2D eigenvalue weighted by molar-refractivity contribution is 7.81. The van der Waals surface area contributed by atoms with Gasteiger partial charge in [-0.25, -0.2) is 9.59 Å². The van der Waals surface area contributed by atoms with Crippen LogP contribution in [0.1, 0.15) is 12.0 Å². The second-order valence-corrected chi connectivity index (χ2v) is 6.67. The Morgan fingerprint density at radius 3 is 2.70 bits per heavy atom. The zero-order valence-corrected chi connectivity index (χ0v) is 15.5. The van der Waals surface area contributed by atoms with Crippen molar-refractivity contribution in [1.29, 1.82) is 0 Å². The van der Waals surface area contributed by atoms with Gasteiger partial charge in [0.15, 0.2) is 0 Å². The van der Waals surface area contributed by atoms with Crippen molar-refractivity contribution >= 4 is 30.5 Å². The van der Waals surface area contributed by atoms with Gasteiger partial charge in [-0.05, 0) is 24.1 Å². The third-order valence-electron chi connectivity index (χ3n) is 3.95. The zero-order chi connectivity index (χ0) is 19.8. The summed E-state index contributed by atoms with van der Waals surface area (Å²) in [7, 11) is 0. The van der Waals surface area contributed by atoms with Gasteiger partial charge in [-0.2, -0.15) is 12.6 Å². The number of benzene rings is 1. The summed E-state index contributed by atoms with van der Waals surface area (Å²) in [6.07, 6.45) is 0.950. The number of nitrogens with zero attached hydrogens (tertiary/aromatic N) is 2. The van der Waals surface area contributed by atoms with Crippen molar-refractivity contribution in [2.75, 3.05) is 19.7 Å². The number of nitro groups is 1. The summed E-state index contributed by atoms with van der Waals surface area (Å²) in [6.45, 7) is 4.17. The van der Waals surface area contributed by atoms with E-state index in [0.29, 0.717) is 18.5 Å². The van der Waals surface area contributed by atoms with Gasteiger partial charge in [0.25, 0.3) is 5.69 Å². The number of carbonyl (C=O) groups is 2. The average Bonchev–Trinajstić information content (AvgIpc) is 3.03. The number of rotatable bonds is 7. The number of likely N-dealkylation sites (tertiary alicyclic amines) is 1. The molecule has 0 spiro atoms. The molecule has 1 aromatic carbocycles. The van der Waals surface area contributed by atoms with E-state index < -0.39 is 17.1 Å². The molecule has 2 atom stereocenters. The monoisotopic (exact) mass is 395 g/mol. The first kappa shape index (κ1) is 20.6. The first-order valence-electron chi connectivity index (χ1n) is 8.27. The first-order chi connectivity index (χ1) is 12.9. The fourth-order valence-corrected chi connectivity index (χ4v) is 3.06. The second kappa shape index (κ2) is 9.81. The number of ether oxygens (including phenoxy) is 2. The lowest BCUT2D eigenvalue weighted by Crippen LogP contribution is -2.43. The normalized spacial score (nSPS) is 18.6. The summed E-state index contributed by atoms with van der Waals surface area (Å²) in [4.78, 5) is 35.6. The van der Waals surface area contributed by atoms with Gasteiger partial charge in [0.2, 0.25) is 0 Å². The molecule has 1 aromatic rings. The number of hydrogen-bond donors (Lipinski definition) is 2. The maximum atomic E-state index is 12.4. The lowest BCUT2D eigenvalue weighted by molar-refractivity contribution is -0.384. The topological polar surface area (TPSA) is 111 Å². The molecule has 0 aliphatic carbocycles. The van der Waals surface area contributed by atoms with Crippen LogP contribution in [-0.4, -0.2) is 53.0 Å². The summed E-state index contributed by atoms with van der Waals surface area (Å²) >= 11 is 4.40. The fourth-order valence-electron chi connectivity index (χ4n) is 2.64. The van der Waals surface area contributed by atoms with Crippen molar-refractivity contribution in [1.82, 2.24) is 10.2 Å². The van der Waals surface area contributed by atoms with Gasteiger partial charge >= 0.3 is 12.2 Å². The van der Waals surface area contributed by atoms with Gasteiger partial charge in [-0.15, -0.1) is 0 Å². The number of thiol groups is 1. The van der Waals surface area contributed by atoms with Crippen LogP contribution in [0.15, 0.2) is 36.9 Å². The van der Waals surface area contributed by atoms with Gasteiger partial charge in [0, 0.05) is 30.5 Å². The third kappa shape index (κ3) is 6.17. The molecule has 146 valence electrons. The van der Waals surface area contributed by atoms with E-state index in [1.807, 2.05) is 0 Å². The summed E-state index contributed by atoms with van der Waals surface area (Å²) < 4.78 is 10.1. The molecule has 1 saturated heterocycles. The van der Waals surface area contributed by atoms with Crippen LogP contribution in [0.3, 0.4) is 0 Å². The Labute approximate surface area is 161 Å². The molecule has 10 heteroatoms. The maximum Gasteiger partial charge on any atom is 0.410 e. The summed E-state index contributed by atoms with van der Waals surface area (Å²) in [6, 6.07) is 5.51. The lowest BCUT2D eigenvalue weighted by atomic mass is 10.2. The molecule has 1 aliphatic rings. The molecule has 27 heavy (non-hydrogen) atoms. The Morgan fingerprint density at radius 1 is 1.37 bits per heavy atom. The van der Waals surface area contributed by atoms with Gasteiger partial charge in [0.1, 0.15) is 13.2 Å². The van der Waals surface area contributed by atoms with Crippen molar-refractivity contribution in [2.45, 2.75) is 24.3 Å². The molecule has 2 rings (SSSR count). The van der Waals surface area contributed by atoms with Crippen molar-refractivity contribution in [3.05, 3.63) is 52.6 Å². The number of nitrogens with one attached hydrogen (secondary N) is 1. The molecule has 0 bridgehead atoms.